The molecule has 1 atom stereocenters. The topological polar surface area (TPSA) is 88.0 Å². The van der Waals surface area contributed by atoms with Crippen molar-refractivity contribution in [3.63, 3.8) is 0 Å². The second-order valence-corrected chi connectivity index (χ2v) is 5.41. The highest BCUT2D eigenvalue weighted by atomic mass is 32.1. The molecule has 2 N–H and O–H groups in total. The summed E-state index contributed by atoms with van der Waals surface area (Å²) in [7, 11) is 0. The molecule has 7 heteroatoms. The molecule has 0 bridgehead atoms. The van der Waals surface area contributed by atoms with Crippen LogP contribution in [-0.2, 0) is 17.8 Å². The Kier molecular flexibility index (Phi) is 3.12. The minimum Gasteiger partial charge on any atom is -0.481 e. The van der Waals surface area contributed by atoms with E-state index in [9.17, 15) is 4.79 Å². The normalized spacial score (nSPS) is 17.2. The lowest BCUT2D eigenvalue weighted by molar-refractivity contribution is -0.138. The van der Waals surface area contributed by atoms with Gasteiger partial charge in [-0.1, -0.05) is 0 Å². The monoisotopic (exact) mass is 276 g/mol. The van der Waals surface area contributed by atoms with E-state index < -0.39 is 11.9 Å². The zero-order chi connectivity index (χ0) is 13.2. The fraction of sp³-hybridized carbons (Fsp3) is 0.333. The van der Waals surface area contributed by atoms with Crippen molar-refractivity contribution in [2.75, 3.05) is 5.32 Å². The molecule has 2 heterocycles. The van der Waals surface area contributed by atoms with E-state index in [-0.39, 0.29) is 0 Å². The smallest absolute Gasteiger partial charge is 0.312 e. The lowest BCUT2D eigenvalue weighted by Gasteiger charge is -2.03. The number of aliphatic carboxylic acids is 1. The quantitative estimate of drug-likeness (QED) is 0.883. The Morgan fingerprint density at radius 2 is 2.47 bits per heavy atom. The van der Waals surface area contributed by atoms with Crippen molar-refractivity contribution in [2.24, 2.45) is 0 Å². The van der Waals surface area contributed by atoms with Crippen LogP contribution >= 0.6 is 11.3 Å². The Labute approximate surface area is 113 Å². The summed E-state index contributed by atoms with van der Waals surface area (Å²) in [5.41, 5.74) is 1.55. The minimum absolute atomic E-state index is 0.446. The first-order chi connectivity index (χ1) is 9.24. The number of thiazole rings is 1. The number of anilines is 1. The van der Waals surface area contributed by atoms with Gasteiger partial charge in [0.05, 0.1) is 17.9 Å². The zero-order valence-electron chi connectivity index (χ0n) is 10.0. The molecule has 1 aliphatic carbocycles. The van der Waals surface area contributed by atoms with E-state index in [0.29, 0.717) is 13.0 Å². The molecule has 0 amide bonds. The Morgan fingerprint density at radius 3 is 3.21 bits per heavy atom. The van der Waals surface area contributed by atoms with Gasteiger partial charge >= 0.3 is 5.97 Å². The van der Waals surface area contributed by atoms with E-state index in [1.165, 1.54) is 11.3 Å². The third-order valence-electron chi connectivity index (χ3n) is 3.06. The van der Waals surface area contributed by atoms with E-state index in [2.05, 4.69) is 20.5 Å². The number of hydrogen-bond acceptors (Lipinski definition) is 6. The van der Waals surface area contributed by atoms with Gasteiger partial charge in [-0.3, -0.25) is 4.79 Å². The van der Waals surface area contributed by atoms with Gasteiger partial charge in [-0.15, -0.1) is 11.3 Å². The van der Waals surface area contributed by atoms with E-state index in [1.807, 2.05) is 12.1 Å². The van der Waals surface area contributed by atoms with Crippen molar-refractivity contribution in [2.45, 2.75) is 25.3 Å². The highest BCUT2D eigenvalue weighted by Crippen LogP contribution is 2.38. The Bertz CT molecular complexity index is 599. The van der Waals surface area contributed by atoms with Gasteiger partial charge in [0.25, 0.3) is 0 Å². The molecule has 1 unspecified atom stereocenters. The first kappa shape index (κ1) is 12.0. The molecular formula is C12H12N4O2S. The van der Waals surface area contributed by atoms with Crippen molar-refractivity contribution >= 4 is 22.4 Å². The molecule has 0 spiro atoms. The van der Waals surface area contributed by atoms with Gasteiger partial charge < -0.3 is 10.4 Å². The third-order valence-corrected chi connectivity index (χ3v) is 4.15. The molecule has 3 rings (SSSR count). The predicted octanol–water partition coefficient (Wildman–Crippen LogP) is 1.66. The minimum atomic E-state index is -0.787. The lowest BCUT2D eigenvalue weighted by Crippen LogP contribution is -2.09. The maximum atomic E-state index is 11.1. The largest absolute Gasteiger partial charge is 0.481 e. The van der Waals surface area contributed by atoms with Crippen molar-refractivity contribution in [3.05, 3.63) is 34.6 Å². The molecule has 2 aromatic rings. The van der Waals surface area contributed by atoms with Gasteiger partial charge in [-0.2, -0.15) is 10.2 Å². The summed E-state index contributed by atoms with van der Waals surface area (Å²) in [5.74, 6) is -1.23. The van der Waals surface area contributed by atoms with Gasteiger partial charge in [0.2, 0.25) is 0 Å². The molecule has 0 aromatic carbocycles. The number of carbonyl (C=O) groups is 1. The van der Waals surface area contributed by atoms with Crippen molar-refractivity contribution < 1.29 is 9.90 Å². The molecule has 0 saturated heterocycles. The van der Waals surface area contributed by atoms with E-state index in [1.54, 1.807) is 6.20 Å². The average Bonchev–Trinajstić information content (AvgIpc) is 2.96. The summed E-state index contributed by atoms with van der Waals surface area (Å²) in [6, 6.07) is 3.70. The number of aryl methyl sites for hydroxylation is 1. The summed E-state index contributed by atoms with van der Waals surface area (Å²) in [6.45, 7) is 0.540. The molecule has 98 valence electrons. The molecule has 19 heavy (non-hydrogen) atoms. The number of nitrogens with zero attached hydrogens (tertiary/aromatic N) is 3. The molecule has 0 aliphatic heterocycles. The van der Waals surface area contributed by atoms with Gasteiger partial charge in [-0.25, -0.2) is 4.98 Å². The van der Waals surface area contributed by atoms with Crippen LogP contribution in [0.25, 0.3) is 0 Å². The van der Waals surface area contributed by atoms with Crippen LogP contribution in [0, 0.1) is 0 Å². The highest BCUT2D eigenvalue weighted by Gasteiger charge is 2.32. The number of aromatic nitrogens is 3. The van der Waals surface area contributed by atoms with Crippen LogP contribution in [-0.4, -0.2) is 26.3 Å². The second-order valence-electron chi connectivity index (χ2n) is 4.33. The molecule has 0 saturated carbocycles. The fourth-order valence-electron chi connectivity index (χ4n) is 2.14. The lowest BCUT2D eigenvalue weighted by atomic mass is 10.1. The third kappa shape index (κ3) is 2.41. The van der Waals surface area contributed by atoms with Crippen LogP contribution in [0.2, 0.25) is 0 Å². The van der Waals surface area contributed by atoms with Crippen LogP contribution in [0.4, 0.5) is 5.13 Å². The average molecular weight is 276 g/mol. The molecule has 0 radical (unpaired) electrons. The number of rotatable bonds is 4. The van der Waals surface area contributed by atoms with Crippen molar-refractivity contribution in [1.82, 2.24) is 15.2 Å². The molecule has 0 fully saturated rings. The Hall–Kier alpha value is -2.02. The highest BCUT2D eigenvalue weighted by molar-refractivity contribution is 7.15. The first-order valence-electron chi connectivity index (χ1n) is 5.97. The van der Waals surface area contributed by atoms with Gasteiger partial charge in [0.1, 0.15) is 5.92 Å². The molecule has 2 aromatic heterocycles. The van der Waals surface area contributed by atoms with Crippen molar-refractivity contribution in [1.29, 1.82) is 0 Å². The SMILES string of the molecule is O=C(O)C1CCc2sc(NCc3cccnn3)nc21. The van der Waals surface area contributed by atoms with Gasteiger partial charge in [0, 0.05) is 11.1 Å². The summed E-state index contributed by atoms with van der Waals surface area (Å²) >= 11 is 1.53. The van der Waals surface area contributed by atoms with E-state index >= 15 is 0 Å². The standard InChI is InChI=1S/C12H12N4O2S/c17-11(18)8-3-4-9-10(8)15-12(19-9)13-6-7-2-1-5-14-16-7/h1-2,5,8H,3-4,6H2,(H,13,15)(H,17,18). The maximum absolute atomic E-state index is 11.1. The number of carboxylic acid groups (broad SMARTS) is 1. The Balaban J connectivity index is 1.71. The summed E-state index contributed by atoms with van der Waals surface area (Å²) < 4.78 is 0. The van der Waals surface area contributed by atoms with Crippen LogP contribution in [0.3, 0.4) is 0 Å². The second kappa shape index (κ2) is 4.93. The predicted molar refractivity (Wildman–Crippen MR) is 70.2 cm³/mol. The maximum Gasteiger partial charge on any atom is 0.312 e. The summed E-state index contributed by atoms with van der Waals surface area (Å²) in [5, 5.41) is 20.8. The molecule has 1 aliphatic rings. The van der Waals surface area contributed by atoms with Crippen LogP contribution in [0.1, 0.15) is 28.6 Å². The van der Waals surface area contributed by atoms with E-state index in [0.717, 1.165) is 27.8 Å². The molecular weight excluding hydrogens is 264 g/mol. The zero-order valence-corrected chi connectivity index (χ0v) is 10.9. The van der Waals surface area contributed by atoms with Crippen molar-refractivity contribution in [3.8, 4) is 0 Å². The fourth-order valence-corrected chi connectivity index (χ4v) is 3.17. The summed E-state index contributed by atoms with van der Waals surface area (Å²) in [6.07, 6.45) is 3.09. The van der Waals surface area contributed by atoms with Crippen LogP contribution in [0.15, 0.2) is 18.3 Å². The van der Waals surface area contributed by atoms with Crippen LogP contribution in [0.5, 0.6) is 0 Å². The Morgan fingerprint density at radius 1 is 1.58 bits per heavy atom. The number of fused-ring (bicyclic) bond motifs is 1. The van der Waals surface area contributed by atoms with Gasteiger partial charge in [-0.05, 0) is 25.0 Å². The van der Waals surface area contributed by atoms with Gasteiger partial charge in [0.15, 0.2) is 5.13 Å². The number of nitrogens with one attached hydrogen (secondary N) is 1. The van der Waals surface area contributed by atoms with Crippen LogP contribution < -0.4 is 5.32 Å². The first-order valence-corrected chi connectivity index (χ1v) is 6.78. The number of hydrogen-bond donors (Lipinski definition) is 2. The molecule has 6 nitrogen and oxygen atoms in total. The number of carboxylic acids is 1. The summed E-state index contributed by atoms with van der Waals surface area (Å²) in [4.78, 5) is 16.5. The van der Waals surface area contributed by atoms with E-state index in [4.69, 9.17) is 5.11 Å².